The summed E-state index contributed by atoms with van der Waals surface area (Å²) in [6.45, 7) is 1.92. The number of benzene rings is 2. The van der Waals surface area contributed by atoms with Crippen molar-refractivity contribution in [2.75, 3.05) is 11.9 Å². The number of carbonyl (C=O) groups excluding carboxylic acids is 3. The Hall–Kier alpha value is -3.15. The number of hydrogen-bond donors (Lipinski definition) is 2. The van der Waals surface area contributed by atoms with Crippen LogP contribution in [0.2, 0.25) is 0 Å². The molecule has 1 aliphatic rings. The average molecular weight is 380 g/mol. The summed E-state index contributed by atoms with van der Waals surface area (Å²) in [6, 6.07) is 14.2. The molecule has 2 amide bonds. The largest absolute Gasteiger partial charge is 0.494 e. The molecule has 146 valence electrons. The summed E-state index contributed by atoms with van der Waals surface area (Å²) in [5.74, 6) is 0.440. The van der Waals surface area contributed by atoms with Crippen molar-refractivity contribution in [1.82, 2.24) is 5.32 Å². The van der Waals surface area contributed by atoms with Crippen molar-refractivity contribution in [3.05, 3.63) is 59.7 Å². The van der Waals surface area contributed by atoms with Crippen LogP contribution in [0.5, 0.6) is 5.75 Å². The summed E-state index contributed by atoms with van der Waals surface area (Å²) < 4.78 is 5.59. The number of ether oxygens (including phenoxy) is 1. The first-order chi connectivity index (χ1) is 13.5. The Morgan fingerprint density at radius 1 is 1.04 bits per heavy atom. The molecule has 0 unspecified atom stereocenters. The third kappa shape index (κ3) is 5.94. The van der Waals surface area contributed by atoms with E-state index in [9.17, 15) is 14.4 Å². The first kappa shape index (κ1) is 19.6. The van der Waals surface area contributed by atoms with Crippen LogP contribution < -0.4 is 15.4 Å². The Labute approximate surface area is 164 Å². The molecule has 2 aromatic rings. The molecular weight excluding hydrogens is 356 g/mol. The smallest absolute Gasteiger partial charge is 0.251 e. The Kier molecular flexibility index (Phi) is 6.42. The molecule has 6 nitrogen and oxygen atoms in total. The Bertz CT molecular complexity index is 857. The molecule has 1 fully saturated rings. The van der Waals surface area contributed by atoms with Gasteiger partial charge in [-0.2, -0.15) is 0 Å². The summed E-state index contributed by atoms with van der Waals surface area (Å²) in [5.41, 5.74) is 1.79. The highest BCUT2D eigenvalue weighted by molar-refractivity contribution is 5.97. The van der Waals surface area contributed by atoms with E-state index < -0.39 is 0 Å². The van der Waals surface area contributed by atoms with Crippen molar-refractivity contribution in [3.8, 4) is 5.75 Å². The predicted octanol–water partition coefficient (Wildman–Crippen LogP) is 3.58. The fourth-order valence-corrected chi connectivity index (χ4v) is 2.67. The van der Waals surface area contributed by atoms with Crippen molar-refractivity contribution in [2.24, 2.45) is 0 Å². The molecule has 0 saturated heterocycles. The van der Waals surface area contributed by atoms with Gasteiger partial charge in [0.25, 0.3) is 5.91 Å². The van der Waals surface area contributed by atoms with Gasteiger partial charge in [0, 0.05) is 29.3 Å². The van der Waals surface area contributed by atoms with Crippen LogP contribution >= 0.6 is 0 Å². The van der Waals surface area contributed by atoms with E-state index in [0.717, 1.165) is 12.8 Å². The van der Waals surface area contributed by atoms with E-state index in [4.69, 9.17) is 4.74 Å². The maximum absolute atomic E-state index is 12.1. The van der Waals surface area contributed by atoms with Crippen molar-refractivity contribution in [3.63, 3.8) is 0 Å². The van der Waals surface area contributed by atoms with Gasteiger partial charge < -0.3 is 15.4 Å². The van der Waals surface area contributed by atoms with Gasteiger partial charge in [-0.3, -0.25) is 14.4 Å². The Morgan fingerprint density at radius 3 is 2.46 bits per heavy atom. The van der Waals surface area contributed by atoms with Crippen molar-refractivity contribution in [1.29, 1.82) is 0 Å². The number of nitrogens with one attached hydrogen (secondary N) is 2. The fourth-order valence-electron chi connectivity index (χ4n) is 2.67. The zero-order valence-corrected chi connectivity index (χ0v) is 15.9. The number of anilines is 1. The van der Waals surface area contributed by atoms with Gasteiger partial charge >= 0.3 is 0 Å². The molecule has 0 bridgehead atoms. The van der Waals surface area contributed by atoms with Crippen LogP contribution in [0.1, 0.15) is 53.3 Å². The van der Waals surface area contributed by atoms with Gasteiger partial charge in [0.1, 0.15) is 5.75 Å². The lowest BCUT2D eigenvalue weighted by Gasteiger charge is -2.09. The molecule has 0 aromatic heterocycles. The van der Waals surface area contributed by atoms with E-state index in [1.165, 1.54) is 6.92 Å². The number of Topliss-reactive ketones (excluding diaryl/α,β-unsaturated/α-hetero) is 1. The highest BCUT2D eigenvalue weighted by atomic mass is 16.5. The number of amides is 2. The third-order valence-corrected chi connectivity index (χ3v) is 4.40. The van der Waals surface area contributed by atoms with Crippen molar-refractivity contribution >= 4 is 23.3 Å². The summed E-state index contributed by atoms with van der Waals surface area (Å²) in [4.78, 5) is 35.4. The highest BCUT2D eigenvalue weighted by Gasteiger charge is 2.23. The topological polar surface area (TPSA) is 84.5 Å². The summed E-state index contributed by atoms with van der Waals surface area (Å²) in [6.07, 6.45) is 2.93. The Balaban J connectivity index is 1.40. The number of rotatable bonds is 9. The van der Waals surface area contributed by atoms with Gasteiger partial charge in [-0.15, -0.1) is 0 Å². The molecule has 1 aliphatic carbocycles. The molecule has 6 heteroatoms. The second-order valence-electron chi connectivity index (χ2n) is 6.91. The van der Waals surface area contributed by atoms with Crippen LogP contribution in [0.25, 0.3) is 0 Å². The van der Waals surface area contributed by atoms with Crippen LogP contribution in [0.15, 0.2) is 48.5 Å². The lowest BCUT2D eigenvalue weighted by Crippen LogP contribution is -2.25. The quantitative estimate of drug-likeness (QED) is 0.514. The zero-order valence-electron chi connectivity index (χ0n) is 15.9. The molecule has 2 aromatic carbocycles. The molecular formula is C22H24N2O4. The molecule has 2 N–H and O–H groups in total. The van der Waals surface area contributed by atoms with E-state index in [-0.39, 0.29) is 17.6 Å². The minimum Gasteiger partial charge on any atom is -0.494 e. The lowest BCUT2D eigenvalue weighted by atomic mass is 10.1. The first-order valence-electron chi connectivity index (χ1n) is 9.46. The monoisotopic (exact) mass is 380 g/mol. The van der Waals surface area contributed by atoms with Gasteiger partial charge in [-0.1, -0.05) is 6.07 Å². The maximum Gasteiger partial charge on any atom is 0.251 e. The summed E-state index contributed by atoms with van der Waals surface area (Å²) >= 11 is 0. The molecule has 1 saturated carbocycles. The van der Waals surface area contributed by atoms with Gasteiger partial charge in [0.15, 0.2) is 5.78 Å². The standard InChI is InChI=1S/C22H24N2O4/c1-15(25)16-7-11-20(12-8-16)28-13-3-6-21(26)23-19-5-2-4-17(14-19)22(27)24-18-9-10-18/h2,4-5,7-8,11-12,14,18H,3,6,9-10,13H2,1H3,(H,23,26)(H,24,27). The number of ketones is 1. The number of hydrogen-bond acceptors (Lipinski definition) is 4. The van der Waals surface area contributed by atoms with E-state index in [1.54, 1.807) is 48.5 Å². The molecule has 3 rings (SSSR count). The van der Waals surface area contributed by atoms with E-state index >= 15 is 0 Å². The SMILES string of the molecule is CC(=O)c1ccc(OCCCC(=O)Nc2cccc(C(=O)NC3CC3)c2)cc1. The van der Waals surface area contributed by atoms with Gasteiger partial charge in [0.05, 0.1) is 6.61 Å². The van der Waals surface area contributed by atoms with Crippen LogP contribution in [0.4, 0.5) is 5.69 Å². The highest BCUT2D eigenvalue weighted by Crippen LogP contribution is 2.20. The fraction of sp³-hybridized carbons (Fsp3) is 0.318. The number of carbonyl (C=O) groups is 3. The van der Waals surface area contributed by atoms with Crippen molar-refractivity contribution < 1.29 is 19.1 Å². The maximum atomic E-state index is 12.1. The van der Waals surface area contributed by atoms with Crippen LogP contribution in [-0.4, -0.2) is 30.2 Å². The average Bonchev–Trinajstić information content (AvgIpc) is 3.50. The van der Waals surface area contributed by atoms with Crippen LogP contribution in [-0.2, 0) is 4.79 Å². The van der Waals surface area contributed by atoms with Crippen LogP contribution in [0, 0.1) is 0 Å². The first-order valence-corrected chi connectivity index (χ1v) is 9.46. The molecule has 0 atom stereocenters. The van der Waals surface area contributed by atoms with E-state index in [1.807, 2.05) is 0 Å². The minimum atomic E-state index is -0.129. The van der Waals surface area contributed by atoms with Crippen LogP contribution in [0.3, 0.4) is 0 Å². The van der Waals surface area contributed by atoms with E-state index in [0.29, 0.717) is 48.1 Å². The second-order valence-corrected chi connectivity index (χ2v) is 6.91. The van der Waals surface area contributed by atoms with E-state index in [2.05, 4.69) is 10.6 Å². The zero-order chi connectivity index (χ0) is 19.9. The molecule has 0 spiro atoms. The normalized spacial score (nSPS) is 12.9. The molecule has 0 heterocycles. The van der Waals surface area contributed by atoms with Gasteiger partial charge in [-0.25, -0.2) is 0 Å². The Morgan fingerprint density at radius 2 is 1.79 bits per heavy atom. The van der Waals surface area contributed by atoms with Crippen molar-refractivity contribution in [2.45, 2.75) is 38.6 Å². The third-order valence-electron chi connectivity index (χ3n) is 4.40. The lowest BCUT2D eigenvalue weighted by molar-refractivity contribution is -0.116. The summed E-state index contributed by atoms with van der Waals surface area (Å²) in [7, 11) is 0. The molecule has 0 radical (unpaired) electrons. The summed E-state index contributed by atoms with van der Waals surface area (Å²) in [5, 5.41) is 5.74. The minimum absolute atomic E-state index is 0.0114. The van der Waals surface area contributed by atoms with Gasteiger partial charge in [0.2, 0.25) is 5.91 Å². The predicted molar refractivity (Wildman–Crippen MR) is 107 cm³/mol. The van der Waals surface area contributed by atoms with Gasteiger partial charge in [-0.05, 0) is 68.7 Å². The second kappa shape index (κ2) is 9.17. The molecule has 28 heavy (non-hydrogen) atoms. The molecule has 0 aliphatic heterocycles.